The Morgan fingerprint density at radius 2 is 1.92 bits per heavy atom. The maximum Gasteiger partial charge on any atom is 0.0681 e. The zero-order valence-electron chi connectivity index (χ0n) is 7.57. The summed E-state index contributed by atoms with van der Waals surface area (Å²) in [6.07, 6.45) is 0. The molecule has 0 unspecified atom stereocenters. The van der Waals surface area contributed by atoms with Crippen molar-refractivity contribution in [3.8, 4) is 11.3 Å². The van der Waals surface area contributed by atoms with Crippen LogP contribution in [0.4, 0.5) is 0 Å². The largest absolute Gasteiger partial charge is 0.268 e. The lowest BCUT2D eigenvalue weighted by Crippen LogP contribution is -1.93. The molecule has 0 saturated heterocycles. The second kappa shape index (κ2) is 3.05. The number of rotatable bonds is 1. The second-order valence-corrected chi connectivity index (χ2v) is 3.01. The fourth-order valence-corrected chi connectivity index (χ4v) is 1.41. The molecule has 1 radical (unpaired) electrons. The van der Waals surface area contributed by atoms with Gasteiger partial charge >= 0.3 is 0 Å². The number of benzene rings is 1. The van der Waals surface area contributed by atoms with E-state index < -0.39 is 0 Å². The molecular formula is C11H11N2. The normalized spacial score (nSPS) is 10.3. The van der Waals surface area contributed by atoms with E-state index in [1.54, 1.807) is 0 Å². The van der Waals surface area contributed by atoms with E-state index in [4.69, 9.17) is 0 Å². The van der Waals surface area contributed by atoms with Crippen LogP contribution in [0.1, 0.15) is 5.69 Å². The molecule has 2 nitrogen and oxygen atoms in total. The summed E-state index contributed by atoms with van der Waals surface area (Å²) in [6.45, 7) is 3.80. The monoisotopic (exact) mass is 171 g/mol. The summed E-state index contributed by atoms with van der Waals surface area (Å²) in [4.78, 5) is 0. The standard InChI is InChI=1S/C11H11N2/c1-9-8-11(13(2)12-9)10-6-4-3-5-7-10/h3-8H,1H2,2H3. The Morgan fingerprint density at radius 1 is 1.23 bits per heavy atom. The zero-order chi connectivity index (χ0) is 9.26. The van der Waals surface area contributed by atoms with Gasteiger partial charge in [0.2, 0.25) is 0 Å². The first-order chi connectivity index (χ1) is 6.27. The van der Waals surface area contributed by atoms with Crippen molar-refractivity contribution in [3.63, 3.8) is 0 Å². The second-order valence-electron chi connectivity index (χ2n) is 3.01. The third-order valence-corrected chi connectivity index (χ3v) is 2.00. The average Bonchev–Trinajstić information content (AvgIpc) is 2.47. The molecule has 0 fully saturated rings. The van der Waals surface area contributed by atoms with E-state index in [1.165, 1.54) is 5.56 Å². The van der Waals surface area contributed by atoms with Crippen LogP contribution in [-0.4, -0.2) is 9.78 Å². The topological polar surface area (TPSA) is 17.8 Å². The van der Waals surface area contributed by atoms with Gasteiger partial charge in [0.05, 0.1) is 11.4 Å². The fraction of sp³-hybridized carbons (Fsp3) is 0.0909. The van der Waals surface area contributed by atoms with Crippen molar-refractivity contribution in [2.45, 2.75) is 0 Å². The summed E-state index contributed by atoms with van der Waals surface area (Å²) in [5, 5.41) is 4.19. The van der Waals surface area contributed by atoms with E-state index in [1.807, 2.05) is 36.0 Å². The van der Waals surface area contributed by atoms with E-state index in [9.17, 15) is 0 Å². The molecule has 0 aliphatic heterocycles. The molecule has 2 aromatic rings. The number of aromatic nitrogens is 2. The Kier molecular flexibility index (Phi) is 1.89. The molecule has 2 rings (SSSR count). The molecule has 0 aliphatic rings. The summed E-state index contributed by atoms with van der Waals surface area (Å²) >= 11 is 0. The van der Waals surface area contributed by atoms with E-state index in [-0.39, 0.29) is 0 Å². The van der Waals surface area contributed by atoms with Gasteiger partial charge in [0, 0.05) is 7.05 Å². The van der Waals surface area contributed by atoms with Gasteiger partial charge in [-0.15, -0.1) is 0 Å². The maximum absolute atomic E-state index is 4.19. The van der Waals surface area contributed by atoms with Crippen molar-refractivity contribution in [3.05, 3.63) is 49.0 Å². The number of hydrogen-bond donors (Lipinski definition) is 0. The first-order valence-corrected chi connectivity index (χ1v) is 4.19. The Hall–Kier alpha value is -1.57. The minimum atomic E-state index is 0.807. The van der Waals surface area contributed by atoms with E-state index in [2.05, 4.69) is 24.2 Å². The summed E-state index contributed by atoms with van der Waals surface area (Å²) in [5.74, 6) is 0. The molecule has 65 valence electrons. The van der Waals surface area contributed by atoms with Crippen molar-refractivity contribution in [1.82, 2.24) is 9.78 Å². The lowest BCUT2D eigenvalue weighted by Gasteiger charge is -1.99. The highest BCUT2D eigenvalue weighted by Crippen LogP contribution is 2.18. The van der Waals surface area contributed by atoms with Crippen LogP contribution in [0.5, 0.6) is 0 Å². The number of aryl methyl sites for hydroxylation is 1. The molecule has 0 bridgehead atoms. The Bertz CT molecular complexity index is 401. The first-order valence-electron chi connectivity index (χ1n) is 4.19. The molecule has 0 amide bonds. The summed E-state index contributed by atoms with van der Waals surface area (Å²) in [7, 11) is 1.93. The Labute approximate surface area is 77.8 Å². The van der Waals surface area contributed by atoms with Crippen LogP contribution in [0.2, 0.25) is 0 Å². The molecular weight excluding hydrogens is 160 g/mol. The van der Waals surface area contributed by atoms with Crippen molar-refractivity contribution >= 4 is 0 Å². The lowest BCUT2D eigenvalue weighted by atomic mass is 10.1. The molecule has 1 aromatic carbocycles. The molecule has 0 saturated carbocycles. The molecule has 0 spiro atoms. The molecule has 0 N–H and O–H groups in total. The SMILES string of the molecule is [CH2]c1cc(-c2ccccc2)n(C)n1. The lowest BCUT2D eigenvalue weighted by molar-refractivity contribution is 0.770. The number of nitrogens with zero attached hydrogens (tertiary/aromatic N) is 2. The molecule has 1 heterocycles. The van der Waals surface area contributed by atoms with Crippen LogP contribution in [0.3, 0.4) is 0 Å². The van der Waals surface area contributed by atoms with Crippen LogP contribution in [0.25, 0.3) is 11.3 Å². The highest BCUT2D eigenvalue weighted by molar-refractivity contribution is 5.59. The van der Waals surface area contributed by atoms with Crippen molar-refractivity contribution in [1.29, 1.82) is 0 Å². The Balaban J connectivity index is 2.53. The predicted octanol–water partition coefficient (Wildman–Crippen LogP) is 2.27. The van der Waals surface area contributed by atoms with Gasteiger partial charge in [0.1, 0.15) is 0 Å². The van der Waals surface area contributed by atoms with Gasteiger partial charge in [-0.25, -0.2) is 0 Å². The number of hydrogen-bond acceptors (Lipinski definition) is 1. The van der Waals surface area contributed by atoms with Gasteiger partial charge in [-0.1, -0.05) is 30.3 Å². The van der Waals surface area contributed by atoms with Crippen molar-refractivity contribution < 1.29 is 0 Å². The van der Waals surface area contributed by atoms with Crippen molar-refractivity contribution in [2.24, 2.45) is 7.05 Å². The maximum atomic E-state index is 4.19. The first kappa shape index (κ1) is 8.05. The third-order valence-electron chi connectivity index (χ3n) is 2.00. The molecule has 13 heavy (non-hydrogen) atoms. The highest BCUT2D eigenvalue weighted by atomic mass is 15.3. The summed E-state index contributed by atoms with van der Waals surface area (Å²) in [5.41, 5.74) is 3.08. The van der Waals surface area contributed by atoms with E-state index in [0.717, 1.165) is 11.4 Å². The molecule has 0 aliphatic carbocycles. The third kappa shape index (κ3) is 1.47. The summed E-state index contributed by atoms with van der Waals surface area (Å²) < 4.78 is 1.84. The van der Waals surface area contributed by atoms with Gasteiger partial charge in [0.15, 0.2) is 0 Å². The minimum Gasteiger partial charge on any atom is -0.268 e. The van der Waals surface area contributed by atoms with Gasteiger partial charge in [-0.2, -0.15) is 5.10 Å². The minimum absolute atomic E-state index is 0.807. The molecule has 0 atom stereocenters. The average molecular weight is 171 g/mol. The van der Waals surface area contributed by atoms with Gasteiger partial charge in [-0.05, 0) is 18.6 Å². The smallest absolute Gasteiger partial charge is 0.0681 e. The van der Waals surface area contributed by atoms with Crippen LogP contribution >= 0.6 is 0 Å². The molecule has 1 aromatic heterocycles. The van der Waals surface area contributed by atoms with Crippen LogP contribution < -0.4 is 0 Å². The highest BCUT2D eigenvalue weighted by Gasteiger charge is 2.02. The van der Waals surface area contributed by atoms with Crippen LogP contribution in [-0.2, 0) is 7.05 Å². The van der Waals surface area contributed by atoms with Gasteiger partial charge in [-0.3, -0.25) is 4.68 Å². The zero-order valence-corrected chi connectivity index (χ0v) is 7.57. The van der Waals surface area contributed by atoms with Gasteiger partial charge < -0.3 is 0 Å². The van der Waals surface area contributed by atoms with Crippen LogP contribution in [0, 0.1) is 6.92 Å². The molecule has 2 heteroatoms. The quantitative estimate of drug-likeness (QED) is 0.643. The van der Waals surface area contributed by atoms with Crippen molar-refractivity contribution in [2.75, 3.05) is 0 Å². The van der Waals surface area contributed by atoms with E-state index >= 15 is 0 Å². The van der Waals surface area contributed by atoms with Gasteiger partial charge in [0.25, 0.3) is 0 Å². The van der Waals surface area contributed by atoms with E-state index in [0.29, 0.717) is 0 Å². The fourth-order valence-electron chi connectivity index (χ4n) is 1.41. The summed E-state index contributed by atoms with van der Waals surface area (Å²) in [6, 6.07) is 12.2. The Morgan fingerprint density at radius 3 is 2.46 bits per heavy atom. The predicted molar refractivity (Wildman–Crippen MR) is 53.1 cm³/mol. The van der Waals surface area contributed by atoms with Crippen LogP contribution in [0.15, 0.2) is 36.4 Å².